The Hall–Kier alpha value is -1.43. The first kappa shape index (κ1) is 14.6. The Bertz CT molecular complexity index is 448. The van der Waals surface area contributed by atoms with Gasteiger partial charge < -0.3 is 10.5 Å². The molecule has 0 aliphatic heterocycles. The first-order chi connectivity index (χ1) is 8.20. The highest BCUT2D eigenvalue weighted by Gasteiger charge is 2.33. The molecule has 1 unspecified atom stereocenters. The normalized spacial score (nSPS) is 13.2. The van der Waals surface area contributed by atoms with Crippen LogP contribution in [-0.2, 0) is 17.3 Å². The molecule has 2 N–H and O–H groups in total. The third-order valence-electron chi connectivity index (χ3n) is 2.18. The van der Waals surface area contributed by atoms with E-state index in [-0.39, 0.29) is 11.4 Å². The molecule has 1 rings (SSSR count). The van der Waals surface area contributed by atoms with Gasteiger partial charge in [-0.2, -0.15) is 13.2 Å². The summed E-state index contributed by atoms with van der Waals surface area (Å²) in [7, 11) is 0. The molecule has 100 valence electrons. The molecular formula is C11H11ClF3NO2. The van der Waals surface area contributed by atoms with Crippen molar-refractivity contribution >= 4 is 17.7 Å². The van der Waals surface area contributed by atoms with Crippen LogP contribution in [0.1, 0.15) is 18.1 Å². The Morgan fingerprint density at radius 1 is 1.50 bits per heavy atom. The maximum atomic E-state index is 12.6. The lowest BCUT2D eigenvalue weighted by atomic mass is 10.1. The fourth-order valence-electron chi connectivity index (χ4n) is 1.49. The molecule has 1 aromatic rings. The first-order valence-electron chi connectivity index (χ1n) is 5.02. The Morgan fingerprint density at radius 3 is 2.61 bits per heavy atom. The van der Waals surface area contributed by atoms with E-state index in [2.05, 4.69) is 4.74 Å². The molecule has 0 aliphatic carbocycles. The molecule has 0 saturated heterocycles. The number of primary amides is 1. The molecule has 7 heteroatoms. The highest BCUT2D eigenvalue weighted by molar-refractivity contribution is 6.31. The SMILES string of the molecule is CC(Cc1ccc(Cl)c(C(F)(F)F)c1)OC(N)=O. The van der Waals surface area contributed by atoms with Gasteiger partial charge in [0.2, 0.25) is 0 Å². The molecule has 3 nitrogen and oxygen atoms in total. The van der Waals surface area contributed by atoms with Crippen molar-refractivity contribution in [3.05, 3.63) is 34.3 Å². The van der Waals surface area contributed by atoms with Crippen molar-refractivity contribution in [3.8, 4) is 0 Å². The molecule has 0 saturated carbocycles. The van der Waals surface area contributed by atoms with Gasteiger partial charge in [0.25, 0.3) is 0 Å². The summed E-state index contributed by atoms with van der Waals surface area (Å²) >= 11 is 5.48. The minimum atomic E-state index is -4.51. The first-order valence-corrected chi connectivity index (χ1v) is 5.39. The van der Waals surface area contributed by atoms with Gasteiger partial charge in [0.1, 0.15) is 6.10 Å². The van der Waals surface area contributed by atoms with Crippen LogP contribution in [0, 0.1) is 0 Å². The number of halogens is 4. The highest BCUT2D eigenvalue weighted by atomic mass is 35.5. The third kappa shape index (κ3) is 4.10. The number of carbonyl (C=O) groups excluding carboxylic acids is 1. The summed E-state index contributed by atoms with van der Waals surface area (Å²) in [6.07, 6.45) is -5.96. The molecule has 0 radical (unpaired) electrons. The lowest BCUT2D eigenvalue weighted by molar-refractivity contribution is -0.137. The molecule has 1 aromatic carbocycles. The maximum absolute atomic E-state index is 12.6. The number of rotatable bonds is 3. The van der Waals surface area contributed by atoms with Crippen molar-refractivity contribution in [1.82, 2.24) is 0 Å². The number of nitrogens with two attached hydrogens (primary N) is 1. The van der Waals surface area contributed by atoms with Crippen molar-refractivity contribution < 1.29 is 22.7 Å². The Labute approximate surface area is 107 Å². The smallest absolute Gasteiger partial charge is 0.417 e. The molecule has 0 aromatic heterocycles. The van der Waals surface area contributed by atoms with E-state index in [1.165, 1.54) is 13.0 Å². The summed E-state index contributed by atoms with van der Waals surface area (Å²) in [5, 5.41) is -0.366. The second-order valence-corrected chi connectivity index (χ2v) is 4.17. The molecule has 18 heavy (non-hydrogen) atoms. The quantitative estimate of drug-likeness (QED) is 0.923. The van der Waals surface area contributed by atoms with E-state index in [4.69, 9.17) is 17.3 Å². The molecule has 0 fully saturated rings. The standard InChI is InChI=1S/C11H11ClF3NO2/c1-6(18-10(16)17)4-7-2-3-9(12)8(5-7)11(13,14)15/h2-3,5-6H,4H2,1H3,(H2,16,17). The Balaban J connectivity index is 2.89. The van der Waals surface area contributed by atoms with E-state index in [1.54, 1.807) is 0 Å². The van der Waals surface area contributed by atoms with Crippen molar-refractivity contribution in [2.45, 2.75) is 25.6 Å². The third-order valence-corrected chi connectivity index (χ3v) is 2.51. The van der Waals surface area contributed by atoms with E-state index >= 15 is 0 Å². The number of carbonyl (C=O) groups is 1. The van der Waals surface area contributed by atoms with E-state index in [0.717, 1.165) is 12.1 Å². The van der Waals surface area contributed by atoms with Gasteiger partial charge in [-0.15, -0.1) is 0 Å². The number of alkyl halides is 3. The van der Waals surface area contributed by atoms with Gasteiger partial charge in [0.05, 0.1) is 10.6 Å². The van der Waals surface area contributed by atoms with Crippen molar-refractivity contribution in [1.29, 1.82) is 0 Å². The van der Waals surface area contributed by atoms with Crippen LogP contribution < -0.4 is 5.73 Å². The second kappa shape index (κ2) is 5.48. The van der Waals surface area contributed by atoms with Crippen molar-refractivity contribution in [2.24, 2.45) is 5.73 Å². The molecule has 1 amide bonds. The zero-order valence-electron chi connectivity index (χ0n) is 9.42. The molecule has 0 spiro atoms. The van der Waals surface area contributed by atoms with Gasteiger partial charge in [-0.25, -0.2) is 4.79 Å². The molecule has 0 aliphatic rings. The average molecular weight is 282 g/mol. The molecular weight excluding hydrogens is 271 g/mol. The summed E-state index contributed by atoms with van der Waals surface area (Å²) in [5.74, 6) is 0. The lowest BCUT2D eigenvalue weighted by Crippen LogP contribution is -2.22. The molecule has 0 heterocycles. The Morgan fingerprint density at radius 2 is 2.11 bits per heavy atom. The Kier molecular flexibility index (Phi) is 4.45. The topological polar surface area (TPSA) is 52.3 Å². The van der Waals surface area contributed by atoms with Crippen LogP contribution in [0.3, 0.4) is 0 Å². The minimum Gasteiger partial charge on any atom is -0.446 e. The fourth-order valence-corrected chi connectivity index (χ4v) is 1.71. The van der Waals surface area contributed by atoms with Crippen molar-refractivity contribution in [3.63, 3.8) is 0 Å². The lowest BCUT2D eigenvalue weighted by Gasteiger charge is -2.14. The van der Waals surface area contributed by atoms with Crippen LogP contribution in [0.4, 0.5) is 18.0 Å². The van der Waals surface area contributed by atoms with Crippen LogP contribution in [-0.4, -0.2) is 12.2 Å². The molecule has 1 atom stereocenters. The monoisotopic (exact) mass is 281 g/mol. The van der Waals surface area contributed by atoms with Gasteiger partial charge in [-0.3, -0.25) is 0 Å². The average Bonchev–Trinajstić information content (AvgIpc) is 2.17. The zero-order chi connectivity index (χ0) is 13.9. The predicted octanol–water partition coefficient (Wildman–Crippen LogP) is 3.39. The van der Waals surface area contributed by atoms with Crippen molar-refractivity contribution in [2.75, 3.05) is 0 Å². The summed E-state index contributed by atoms with van der Waals surface area (Å²) in [5.41, 5.74) is 4.26. The largest absolute Gasteiger partial charge is 0.446 e. The van der Waals surface area contributed by atoms with E-state index in [9.17, 15) is 18.0 Å². The van der Waals surface area contributed by atoms with Crippen LogP contribution in [0.25, 0.3) is 0 Å². The van der Waals surface area contributed by atoms with E-state index in [0.29, 0.717) is 5.56 Å². The summed E-state index contributed by atoms with van der Waals surface area (Å²) < 4.78 is 42.4. The number of amides is 1. The predicted molar refractivity (Wildman–Crippen MR) is 60.3 cm³/mol. The number of benzene rings is 1. The number of ether oxygens (including phenoxy) is 1. The fraction of sp³-hybridized carbons (Fsp3) is 0.364. The summed E-state index contributed by atoms with van der Waals surface area (Å²) in [6.45, 7) is 1.53. The van der Waals surface area contributed by atoms with Gasteiger partial charge in [-0.05, 0) is 24.6 Å². The van der Waals surface area contributed by atoms with Gasteiger partial charge in [-0.1, -0.05) is 17.7 Å². The number of hydrogen-bond donors (Lipinski definition) is 1. The second-order valence-electron chi connectivity index (χ2n) is 3.76. The van der Waals surface area contributed by atoms with E-state index in [1.807, 2.05) is 0 Å². The zero-order valence-corrected chi connectivity index (χ0v) is 10.2. The summed E-state index contributed by atoms with van der Waals surface area (Å²) in [6, 6.07) is 3.54. The van der Waals surface area contributed by atoms with Crippen LogP contribution in [0.15, 0.2) is 18.2 Å². The van der Waals surface area contributed by atoms with Gasteiger partial charge >= 0.3 is 12.3 Å². The van der Waals surface area contributed by atoms with Gasteiger partial charge in [0, 0.05) is 6.42 Å². The van der Waals surface area contributed by atoms with Crippen LogP contribution in [0.5, 0.6) is 0 Å². The minimum absolute atomic E-state index is 0.128. The maximum Gasteiger partial charge on any atom is 0.417 e. The van der Waals surface area contributed by atoms with Crippen LogP contribution in [0.2, 0.25) is 5.02 Å². The highest BCUT2D eigenvalue weighted by Crippen LogP contribution is 2.35. The molecule has 0 bridgehead atoms. The van der Waals surface area contributed by atoms with E-state index < -0.39 is 23.9 Å². The van der Waals surface area contributed by atoms with Crippen LogP contribution >= 0.6 is 11.6 Å². The van der Waals surface area contributed by atoms with Gasteiger partial charge in [0.15, 0.2) is 0 Å². The summed E-state index contributed by atoms with van der Waals surface area (Å²) in [4.78, 5) is 10.5. The number of hydrogen-bond acceptors (Lipinski definition) is 2.